The van der Waals surface area contributed by atoms with Gasteiger partial charge in [0.05, 0.1) is 22.8 Å². The maximum atomic E-state index is 12.5. The Hall–Kier alpha value is -1.13. The third-order valence-corrected chi connectivity index (χ3v) is 5.79. The SMILES string of the molecule is CN(C[C@@H]1CCCCO1)S(=O)(=O)c1ccc(C#N)cc1Cl. The van der Waals surface area contributed by atoms with Gasteiger partial charge in [-0.1, -0.05) is 11.6 Å². The van der Waals surface area contributed by atoms with E-state index in [1.54, 1.807) is 0 Å². The molecule has 0 radical (unpaired) electrons. The molecule has 7 heteroatoms. The average molecular weight is 329 g/mol. The van der Waals surface area contributed by atoms with E-state index in [9.17, 15) is 8.42 Å². The van der Waals surface area contributed by atoms with Gasteiger partial charge in [0.2, 0.25) is 10.0 Å². The highest BCUT2D eigenvalue weighted by Crippen LogP contribution is 2.26. The monoisotopic (exact) mass is 328 g/mol. The highest BCUT2D eigenvalue weighted by molar-refractivity contribution is 7.89. The molecule has 1 saturated heterocycles. The zero-order valence-corrected chi connectivity index (χ0v) is 13.3. The Kier molecular flexibility index (Phi) is 5.22. The number of benzene rings is 1. The van der Waals surface area contributed by atoms with Crippen LogP contribution in [0.3, 0.4) is 0 Å². The van der Waals surface area contributed by atoms with Crippen LogP contribution >= 0.6 is 11.6 Å². The van der Waals surface area contributed by atoms with Gasteiger partial charge < -0.3 is 4.74 Å². The molecule has 0 unspecified atom stereocenters. The van der Waals surface area contributed by atoms with Crippen LogP contribution in [0.4, 0.5) is 0 Å². The van der Waals surface area contributed by atoms with Crippen LogP contribution in [0.1, 0.15) is 24.8 Å². The lowest BCUT2D eigenvalue weighted by molar-refractivity contribution is 0.00858. The summed E-state index contributed by atoms with van der Waals surface area (Å²) >= 11 is 5.99. The minimum absolute atomic E-state index is 0.0153. The van der Waals surface area contributed by atoms with E-state index < -0.39 is 10.0 Å². The number of sulfonamides is 1. The molecule has 21 heavy (non-hydrogen) atoms. The maximum Gasteiger partial charge on any atom is 0.244 e. The van der Waals surface area contributed by atoms with Crippen LogP contribution in [0.15, 0.2) is 23.1 Å². The van der Waals surface area contributed by atoms with Crippen LogP contribution in [-0.4, -0.2) is 39.0 Å². The molecule has 1 aliphatic rings. The van der Waals surface area contributed by atoms with Crippen LogP contribution in [0, 0.1) is 11.3 Å². The predicted octanol–water partition coefficient (Wildman–Crippen LogP) is 2.40. The highest BCUT2D eigenvalue weighted by atomic mass is 35.5. The van der Waals surface area contributed by atoms with E-state index in [1.165, 1.54) is 29.6 Å². The van der Waals surface area contributed by atoms with Crippen molar-refractivity contribution in [2.24, 2.45) is 0 Å². The van der Waals surface area contributed by atoms with Gasteiger partial charge in [-0.05, 0) is 37.5 Å². The minimum atomic E-state index is -3.68. The standard InChI is InChI=1S/C14H17ClN2O3S/c1-17(10-12-4-2-3-7-20-12)21(18,19)14-6-5-11(9-16)8-13(14)15/h5-6,8,12H,2-4,7,10H2,1H3/t12-/m0/s1. The molecule has 0 aromatic heterocycles. The minimum Gasteiger partial charge on any atom is -0.377 e. The van der Waals surface area contributed by atoms with Crippen molar-refractivity contribution in [1.29, 1.82) is 5.26 Å². The smallest absolute Gasteiger partial charge is 0.244 e. The second-order valence-electron chi connectivity index (χ2n) is 5.03. The van der Waals surface area contributed by atoms with E-state index in [4.69, 9.17) is 21.6 Å². The zero-order chi connectivity index (χ0) is 15.5. The van der Waals surface area contributed by atoms with Crippen molar-refractivity contribution in [3.63, 3.8) is 0 Å². The van der Waals surface area contributed by atoms with Crippen molar-refractivity contribution >= 4 is 21.6 Å². The fraction of sp³-hybridized carbons (Fsp3) is 0.500. The summed E-state index contributed by atoms with van der Waals surface area (Å²) in [4.78, 5) is 0.0153. The molecular formula is C14H17ClN2O3S. The summed E-state index contributed by atoms with van der Waals surface area (Å²) in [5.74, 6) is 0. The maximum absolute atomic E-state index is 12.5. The molecule has 0 N–H and O–H groups in total. The van der Waals surface area contributed by atoms with Crippen LogP contribution in [0.25, 0.3) is 0 Å². The number of ether oxygens (including phenoxy) is 1. The summed E-state index contributed by atoms with van der Waals surface area (Å²) in [6.45, 7) is 0.981. The van der Waals surface area contributed by atoms with E-state index in [0.717, 1.165) is 19.3 Å². The lowest BCUT2D eigenvalue weighted by Crippen LogP contribution is -2.37. The van der Waals surface area contributed by atoms with Gasteiger partial charge >= 0.3 is 0 Å². The number of likely N-dealkylation sites (N-methyl/N-ethyl adjacent to an activating group) is 1. The Labute approximate surface area is 130 Å². The Balaban J connectivity index is 2.18. The quantitative estimate of drug-likeness (QED) is 0.851. The number of nitriles is 1. The topological polar surface area (TPSA) is 70.4 Å². The summed E-state index contributed by atoms with van der Waals surface area (Å²) in [5.41, 5.74) is 0.331. The number of hydrogen-bond donors (Lipinski definition) is 0. The van der Waals surface area contributed by atoms with Crippen molar-refractivity contribution < 1.29 is 13.2 Å². The molecule has 0 saturated carbocycles. The van der Waals surface area contributed by atoms with Crippen LogP contribution in [0.2, 0.25) is 5.02 Å². The van der Waals surface area contributed by atoms with Gasteiger partial charge in [0, 0.05) is 20.2 Å². The molecule has 1 fully saturated rings. The highest BCUT2D eigenvalue weighted by Gasteiger charge is 2.27. The van der Waals surface area contributed by atoms with Crippen molar-refractivity contribution in [2.75, 3.05) is 20.2 Å². The molecule has 0 amide bonds. The molecule has 1 aromatic carbocycles. The first-order valence-electron chi connectivity index (χ1n) is 6.72. The second-order valence-corrected chi connectivity index (χ2v) is 7.45. The predicted molar refractivity (Wildman–Crippen MR) is 79.6 cm³/mol. The van der Waals surface area contributed by atoms with Gasteiger partial charge in [0.25, 0.3) is 0 Å². The molecule has 0 bridgehead atoms. The molecule has 2 rings (SSSR count). The molecule has 114 valence electrons. The van der Waals surface area contributed by atoms with Crippen molar-refractivity contribution in [3.8, 4) is 6.07 Å². The van der Waals surface area contributed by atoms with Gasteiger partial charge in [0.1, 0.15) is 4.90 Å². The number of rotatable bonds is 4. The molecular weight excluding hydrogens is 312 g/mol. The van der Waals surface area contributed by atoms with E-state index in [2.05, 4.69) is 0 Å². The molecule has 1 aliphatic heterocycles. The van der Waals surface area contributed by atoms with Gasteiger partial charge in [-0.15, -0.1) is 0 Å². The van der Waals surface area contributed by atoms with Gasteiger partial charge in [-0.2, -0.15) is 9.57 Å². The summed E-state index contributed by atoms with van der Waals surface area (Å²) in [7, 11) is -2.17. The van der Waals surface area contributed by atoms with Crippen LogP contribution < -0.4 is 0 Å². The lowest BCUT2D eigenvalue weighted by Gasteiger charge is -2.27. The molecule has 5 nitrogen and oxygen atoms in total. The first kappa shape index (κ1) is 16.2. The number of halogens is 1. The molecule has 1 aromatic rings. The fourth-order valence-electron chi connectivity index (χ4n) is 2.28. The van der Waals surface area contributed by atoms with Crippen molar-refractivity contribution in [2.45, 2.75) is 30.3 Å². The zero-order valence-electron chi connectivity index (χ0n) is 11.8. The van der Waals surface area contributed by atoms with E-state index in [0.29, 0.717) is 18.7 Å². The summed E-state index contributed by atoms with van der Waals surface area (Å²) in [5, 5.41) is 8.86. The molecule has 0 spiro atoms. The van der Waals surface area contributed by atoms with Crippen LogP contribution in [-0.2, 0) is 14.8 Å². The third kappa shape index (κ3) is 3.74. The Morgan fingerprint density at radius 3 is 2.81 bits per heavy atom. The lowest BCUT2D eigenvalue weighted by atomic mass is 10.1. The van der Waals surface area contributed by atoms with Crippen molar-refractivity contribution in [1.82, 2.24) is 4.31 Å². The summed E-state index contributed by atoms with van der Waals surface area (Å²) in [6.07, 6.45) is 2.86. The Morgan fingerprint density at radius 2 is 2.24 bits per heavy atom. The number of nitrogens with zero attached hydrogens (tertiary/aromatic N) is 2. The van der Waals surface area contributed by atoms with E-state index in [1.807, 2.05) is 6.07 Å². The molecule has 1 atom stereocenters. The van der Waals surface area contributed by atoms with Gasteiger partial charge in [0.15, 0.2) is 0 Å². The van der Waals surface area contributed by atoms with Crippen LogP contribution in [0.5, 0.6) is 0 Å². The largest absolute Gasteiger partial charge is 0.377 e. The first-order valence-corrected chi connectivity index (χ1v) is 8.54. The second kappa shape index (κ2) is 6.75. The van der Waals surface area contributed by atoms with Gasteiger partial charge in [-0.25, -0.2) is 8.42 Å². The average Bonchev–Trinajstić information content (AvgIpc) is 2.47. The van der Waals surface area contributed by atoms with Gasteiger partial charge in [-0.3, -0.25) is 0 Å². The molecule has 0 aliphatic carbocycles. The summed E-state index contributed by atoms with van der Waals surface area (Å²) in [6, 6.07) is 6.11. The molecule has 1 heterocycles. The first-order chi connectivity index (χ1) is 9.95. The number of hydrogen-bond acceptors (Lipinski definition) is 4. The Morgan fingerprint density at radius 1 is 1.48 bits per heavy atom. The summed E-state index contributed by atoms with van der Waals surface area (Å²) < 4.78 is 31.9. The van der Waals surface area contributed by atoms with Crippen molar-refractivity contribution in [3.05, 3.63) is 28.8 Å². The van der Waals surface area contributed by atoms with E-state index in [-0.39, 0.29) is 16.0 Å². The fourth-order valence-corrected chi connectivity index (χ4v) is 4.00. The van der Waals surface area contributed by atoms with E-state index >= 15 is 0 Å². The normalized spacial score (nSPS) is 19.4. The third-order valence-electron chi connectivity index (χ3n) is 3.48. The Bertz CT molecular complexity index is 649.